The number of hydrogen-bond donors (Lipinski definition) is 2. The molecule has 0 saturated carbocycles. The van der Waals surface area contributed by atoms with Crippen molar-refractivity contribution < 1.29 is 57.7 Å². The topological polar surface area (TPSA) is 166 Å². The molecule has 0 aromatic heterocycles. The Balaban J connectivity index is 0.00000289. The summed E-state index contributed by atoms with van der Waals surface area (Å²) in [6, 6.07) is 13.8. The van der Waals surface area contributed by atoms with Gasteiger partial charge in [-0.1, -0.05) is 18.2 Å². The van der Waals surface area contributed by atoms with E-state index >= 15 is 0 Å². The van der Waals surface area contributed by atoms with Crippen LogP contribution in [0.4, 0.5) is 17.1 Å². The zero-order valence-corrected chi connectivity index (χ0v) is 19.3. The van der Waals surface area contributed by atoms with Crippen molar-refractivity contribution in [2.24, 2.45) is 10.2 Å². The second-order valence-corrected chi connectivity index (χ2v) is 7.91. The number of non-ortho nitro benzene ring substituents is 1. The predicted octanol–water partition coefficient (Wildman–Crippen LogP) is 1.64. The smallest absolute Gasteiger partial charge is 0.744 e. The van der Waals surface area contributed by atoms with E-state index in [-0.39, 0.29) is 51.8 Å². The van der Waals surface area contributed by atoms with E-state index in [4.69, 9.17) is 0 Å². The second kappa shape index (κ2) is 8.81. The molecule has 156 valence electrons. The number of azo groups is 1. The van der Waals surface area contributed by atoms with Gasteiger partial charge in [0.25, 0.3) is 5.69 Å². The molecule has 32 heavy (non-hydrogen) atoms. The fraction of sp³-hybridized carbons (Fsp3) is 0. The van der Waals surface area contributed by atoms with Crippen molar-refractivity contribution in [3.8, 4) is 11.5 Å². The van der Waals surface area contributed by atoms with Gasteiger partial charge in [-0.05, 0) is 29.7 Å². The maximum atomic E-state index is 11.6. The second-order valence-electron chi connectivity index (χ2n) is 6.57. The van der Waals surface area contributed by atoms with E-state index in [2.05, 4.69) is 10.2 Å². The molecule has 2 N–H and O–H groups in total. The van der Waals surface area contributed by atoms with Gasteiger partial charge in [-0.15, -0.1) is 5.11 Å². The van der Waals surface area contributed by atoms with Crippen molar-refractivity contribution in [1.29, 1.82) is 0 Å². The standard InChI is InChI=1S/C20H13N3O7S.Na/c24-17-3-1-2-11-4-5-12(8-15(11)17)21-22-20-14-7-6-13(23(26)27)9-16(14)19(10-18(20)25)31(28,29)30;/h1-10,24-25H,(H,28,29,30);/q;+1/p-1. The number of nitrogens with zero attached hydrogens (tertiary/aromatic N) is 3. The quantitative estimate of drug-likeness (QED) is 0.153. The minimum absolute atomic E-state index is 0. The fourth-order valence-electron chi connectivity index (χ4n) is 3.19. The molecule has 4 aromatic rings. The van der Waals surface area contributed by atoms with Gasteiger partial charge >= 0.3 is 29.6 Å². The van der Waals surface area contributed by atoms with Crippen LogP contribution >= 0.6 is 0 Å². The number of nitro groups is 1. The summed E-state index contributed by atoms with van der Waals surface area (Å²) in [6.07, 6.45) is 0. The van der Waals surface area contributed by atoms with Gasteiger partial charge in [-0.25, -0.2) is 8.42 Å². The van der Waals surface area contributed by atoms with Gasteiger partial charge in [-0.2, -0.15) is 5.11 Å². The van der Waals surface area contributed by atoms with Crippen LogP contribution in [0.3, 0.4) is 0 Å². The van der Waals surface area contributed by atoms with Gasteiger partial charge in [0.1, 0.15) is 27.3 Å². The Labute approximate surface area is 203 Å². The van der Waals surface area contributed by atoms with Crippen molar-refractivity contribution in [3.05, 3.63) is 70.8 Å². The number of phenols is 2. The molecule has 4 rings (SSSR count). The summed E-state index contributed by atoms with van der Waals surface area (Å²) >= 11 is 0. The predicted molar refractivity (Wildman–Crippen MR) is 110 cm³/mol. The van der Waals surface area contributed by atoms with E-state index in [9.17, 15) is 33.3 Å². The van der Waals surface area contributed by atoms with Crippen LogP contribution in [0, 0.1) is 10.1 Å². The molecule has 0 atom stereocenters. The number of phenolic OH excluding ortho intramolecular Hbond substituents is 2. The van der Waals surface area contributed by atoms with Gasteiger partial charge in [-0.3, -0.25) is 10.1 Å². The summed E-state index contributed by atoms with van der Waals surface area (Å²) < 4.78 is 34.8. The number of nitro benzene ring substituents is 1. The van der Waals surface area contributed by atoms with E-state index in [1.54, 1.807) is 30.3 Å². The first-order valence-electron chi connectivity index (χ1n) is 8.68. The van der Waals surface area contributed by atoms with E-state index in [1.165, 1.54) is 12.1 Å². The molecule has 0 spiro atoms. The number of benzene rings is 4. The van der Waals surface area contributed by atoms with Crippen molar-refractivity contribution in [3.63, 3.8) is 0 Å². The normalized spacial score (nSPS) is 11.7. The summed E-state index contributed by atoms with van der Waals surface area (Å²) in [5.74, 6) is -0.594. The van der Waals surface area contributed by atoms with Crippen LogP contribution < -0.4 is 29.6 Å². The monoisotopic (exact) mass is 461 g/mol. The molecule has 0 bridgehead atoms. The van der Waals surface area contributed by atoms with Crippen LogP contribution in [0.25, 0.3) is 21.5 Å². The third-order valence-corrected chi connectivity index (χ3v) is 5.50. The zero-order chi connectivity index (χ0) is 22.3. The Morgan fingerprint density at radius 1 is 0.844 bits per heavy atom. The van der Waals surface area contributed by atoms with Gasteiger partial charge in [0.15, 0.2) is 0 Å². The number of rotatable bonds is 4. The third-order valence-electron chi connectivity index (χ3n) is 4.62. The zero-order valence-electron chi connectivity index (χ0n) is 16.5. The molecule has 0 aliphatic heterocycles. The summed E-state index contributed by atoms with van der Waals surface area (Å²) in [6.45, 7) is 0. The molecule has 0 aliphatic rings. The molecular formula is C20H12N3NaO7S. The summed E-state index contributed by atoms with van der Waals surface area (Å²) in [4.78, 5) is 9.52. The van der Waals surface area contributed by atoms with Crippen molar-refractivity contribution in [2.45, 2.75) is 4.90 Å². The first-order valence-corrected chi connectivity index (χ1v) is 10.1. The SMILES string of the molecule is O=[N+]([O-])c1ccc2c(N=Nc3ccc4cccc(O)c4c3)c(O)cc(S(=O)(=O)[O-])c2c1.[Na+]. The molecular weight excluding hydrogens is 449 g/mol. The molecule has 0 amide bonds. The fourth-order valence-corrected chi connectivity index (χ4v) is 3.88. The van der Waals surface area contributed by atoms with Crippen LogP contribution in [0.5, 0.6) is 11.5 Å². The van der Waals surface area contributed by atoms with E-state index in [0.29, 0.717) is 17.1 Å². The number of aromatic hydroxyl groups is 2. The Kier molecular flexibility index (Phi) is 6.49. The van der Waals surface area contributed by atoms with Gasteiger partial charge < -0.3 is 14.8 Å². The third kappa shape index (κ3) is 4.42. The largest absolute Gasteiger partial charge is 1.00 e. The first-order chi connectivity index (χ1) is 14.6. The molecule has 0 heterocycles. The van der Waals surface area contributed by atoms with Crippen molar-refractivity contribution in [1.82, 2.24) is 0 Å². The molecule has 10 nitrogen and oxygen atoms in total. The molecule has 0 aliphatic carbocycles. The van der Waals surface area contributed by atoms with Gasteiger partial charge in [0, 0.05) is 34.4 Å². The minimum atomic E-state index is -5.04. The van der Waals surface area contributed by atoms with E-state index < -0.39 is 31.4 Å². The van der Waals surface area contributed by atoms with Gasteiger partial charge in [0.2, 0.25) is 0 Å². The number of fused-ring (bicyclic) bond motifs is 2. The summed E-state index contributed by atoms with van der Waals surface area (Å²) in [7, 11) is -5.04. The van der Waals surface area contributed by atoms with Crippen molar-refractivity contribution in [2.75, 3.05) is 0 Å². The maximum Gasteiger partial charge on any atom is 1.00 e. The van der Waals surface area contributed by atoms with E-state index in [1.807, 2.05) is 0 Å². The Bertz CT molecular complexity index is 1520. The van der Waals surface area contributed by atoms with Crippen LogP contribution in [-0.2, 0) is 10.1 Å². The number of hydrogen-bond acceptors (Lipinski definition) is 9. The Morgan fingerprint density at radius 2 is 1.59 bits per heavy atom. The molecule has 0 fully saturated rings. The molecule has 12 heteroatoms. The summed E-state index contributed by atoms with van der Waals surface area (Å²) in [5, 5.41) is 40.4. The van der Waals surface area contributed by atoms with Crippen LogP contribution in [-0.4, -0.2) is 28.1 Å². The molecule has 0 unspecified atom stereocenters. The van der Waals surface area contributed by atoms with Gasteiger partial charge in [0.05, 0.1) is 15.5 Å². The minimum Gasteiger partial charge on any atom is -0.744 e. The van der Waals surface area contributed by atoms with Crippen LogP contribution in [0.1, 0.15) is 0 Å². The first kappa shape index (κ1) is 23.6. The molecule has 0 radical (unpaired) electrons. The average molecular weight is 461 g/mol. The molecule has 0 saturated heterocycles. The van der Waals surface area contributed by atoms with Crippen molar-refractivity contribution >= 4 is 48.7 Å². The van der Waals surface area contributed by atoms with Crippen LogP contribution in [0.2, 0.25) is 0 Å². The average Bonchev–Trinajstić information content (AvgIpc) is 2.72. The van der Waals surface area contributed by atoms with E-state index in [0.717, 1.165) is 17.5 Å². The Morgan fingerprint density at radius 3 is 2.28 bits per heavy atom. The van der Waals surface area contributed by atoms with Crippen LogP contribution in [0.15, 0.2) is 75.8 Å². The molecule has 4 aromatic carbocycles. The Hall–Kier alpha value is -3.09. The maximum absolute atomic E-state index is 11.6. The summed E-state index contributed by atoms with van der Waals surface area (Å²) in [5.41, 5.74) is -0.283.